The quantitative estimate of drug-likeness (QED) is 0.124. The average molecular weight is 838 g/mol. The number of thiazole rings is 1. The van der Waals surface area contributed by atoms with Crippen molar-refractivity contribution in [3.05, 3.63) is 115 Å². The van der Waals surface area contributed by atoms with E-state index in [1.165, 1.54) is 11.3 Å². The summed E-state index contributed by atoms with van der Waals surface area (Å²) in [6, 6.07) is 15.9. The first kappa shape index (κ1) is 34.2. The van der Waals surface area contributed by atoms with Gasteiger partial charge in [0.25, 0.3) is 5.56 Å². The number of nitrogens with zero attached hydrogens (tertiary/aromatic N) is 2. The van der Waals surface area contributed by atoms with E-state index < -0.39 is 12.0 Å². The van der Waals surface area contributed by atoms with Crippen molar-refractivity contribution in [3.8, 4) is 17.2 Å². The number of methoxy groups -OCH3 is 1. The summed E-state index contributed by atoms with van der Waals surface area (Å²) in [6.07, 6.45) is 1.73. The third-order valence-corrected chi connectivity index (χ3v) is 9.50. The minimum absolute atomic E-state index is 0.0733. The van der Waals surface area contributed by atoms with Crippen LogP contribution >= 0.6 is 61.5 Å². The summed E-state index contributed by atoms with van der Waals surface area (Å²) in [4.78, 5) is 32.8. The van der Waals surface area contributed by atoms with E-state index in [1.54, 1.807) is 43.7 Å². The lowest BCUT2D eigenvalue weighted by Gasteiger charge is -2.25. The monoisotopic (exact) mass is 836 g/mol. The third-order valence-electron chi connectivity index (χ3n) is 7.00. The van der Waals surface area contributed by atoms with Crippen LogP contribution in [-0.2, 0) is 16.1 Å². The zero-order chi connectivity index (χ0) is 33.1. The average Bonchev–Trinajstić information content (AvgIpc) is 3.30. The fourth-order valence-electron chi connectivity index (χ4n) is 5.03. The maximum absolute atomic E-state index is 14.3. The normalized spacial score (nSPS) is 14.6. The topological polar surface area (TPSA) is 88.4 Å². The first-order chi connectivity index (χ1) is 22.0. The molecule has 46 heavy (non-hydrogen) atoms. The molecular formula is C34H31BrClIN2O6S. The number of rotatable bonds is 10. The van der Waals surface area contributed by atoms with E-state index in [9.17, 15) is 9.59 Å². The second kappa shape index (κ2) is 14.7. The van der Waals surface area contributed by atoms with E-state index in [0.29, 0.717) is 55.0 Å². The number of aromatic nitrogens is 1. The Morgan fingerprint density at radius 1 is 1.15 bits per heavy atom. The fraction of sp³-hybridized carbons (Fsp3) is 0.265. The SMILES string of the molecule is CCOC(=O)C1=C(C)N=c2s/c(=C/c3cc(Br)cc(I)c3OCc3ccc(Cl)cc3)c(=O)n2[C@@H]1c1ccc(OC(C)C)c(OC)c1. The van der Waals surface area contributed by atoms with Crippen LogP contribution < -0.4 is 29.1 Å². The number of carbonyl (C=O) groups excluding carboxylic acids is 1. The summed E-state index contributed by atoms with van der Waals surface area (Å²) in [5.41, 5.74) is 2.78. The molecule has 3 aromatic carbocycles. The highest BCUT2D eigenvalue weighted by molar-refractivity contribution is 14.1. The molecule has 1 aliphatic heterocycles. The van der Waals surface area contributed by atoms with Gasteiger partial charge in [-0.15, -0.1) is 0 Å². The van der Waals surface area contributed by atoms with Gasteiger partial charge in [-0.25, -0.2) is 9.79 Å². The highest BCUT2D eigenvalue weighted by atomic mass is 127. The van der Waals surface area contributed by atoms with Crippen molar-refractivity contribution in [2.75, 3.05) is 13.7 Å². The Bertz CT molecular complexity index is 2010. The van der Waals surface area contributed by atoms with E-state index in [2.05, 4.69) is 38.5 Å². The molecule has 0 saturated heterocycles. The minimum Gasteiger partial charge on any atom is -0.493 e. The van der Waals surface area contributed by atoms with Crippen molar-refractivity contribution >= 4 is 73.5 Å². The number of esters is 1. The molecule has 0 N–H and O–H groups in total. The molecule has 0 bridgehead atoms. The van der Waals surface area contributed by atoms with Gasteiger partial charge in [0.15, 0.2) is 16.3 Å². The zero-order valence-electron chi connectivity index (χ0n) is 25.7. The standard InChI is InChI=1S/C34H31BrClIN2O6S/c1-6-43-33(41)29-19(4)38-34-39(30(29)21-9-12-26(45-18(2)3)27(14-21)42-5)32(40)28(46-34)15-22-13-23(35)16-25(37)31(22)44-17-20-7-10-24(36)11-8-20/h7-16,18,30H,6,17H2,1-5H3/b28-15+/t30-/m1/s1. The Hall–Kier alpha value is -3.13. The van der Waals surface area contributed by atoms with Crippen molar-refractivity contribution < 1.29 is 23.7 Å². The number of benzene rings is 3. The smallest absolute Gasteiger partial charge is 0.338 e. The molecule has 0 radical (unpaired) electrons. The molecule has 12 heteroatoms. The van der Waals surface area contributed by atoms with E-state index in [1.807, 2.05) is 56.3 Å². The van der Waals surface area contributed by atoms with Gasteiger partial charge in [-0.1, -0.05) is 57.1 Å². The number of halogens is 3. The van der Waals surface area contributed by atoms with Gasteiger partial charge in [0.05, 0.1) is 45.2 Å². The highest BCUT2D eigenvalue weighted by Gasteiger charge is 2.34. The number of hydrogen-bond acceptors (Lipinski definition) is 8. The summed E-state index contributed by atoms with van der Waals surface area (Å²) < 4.78 is 27.0. The summed E-state index contributed by atoms with van der Waals surface area (Å²) in [5, 5.41) is 0.649. The minimum atomic E-state index is -0.803. The summed E-state index contributed by atoms with van der Waals surface area (Å²) in [7, 11) is 1.55. The molecule has 8 nitrogen and oxygen atoms in total. The van der Waals surface area contributed by atoms with Gasteiger partial charge >= 0.3 is 5.97 Å². The molecule has 0 fully saturated rings. The van der Waals surface area contributed by atoms with Gasteiger partial charge in [-0.2, -0.15) is 0 Å². The second-order valence-electron chi connectivity index (χ2n) is 10.6. The van der Waals surface area contributed by atoms with Gasteiger partial charge in [0, 0.05) is 15.1 Å². The first-order valence-corrected chi connectivity index (χ1v) is 17.5. The zero-order valence-corrected chi connectivity index (χ0v) is 31.0. The number of hydrogen-bond donors (Lipinski definition) is 0. The molecule has 0 saturated carbocycles. The molecule has 0 unspecified atom stereocenters. The van der Waals surface area contributed by atoms with E-state index in [-0.39, 0.29) is 23.8 Å². The molecule has 240 valence electrons. The maximum Gasteiger partial charge on any atom is 0.338 e. The van der Waals surface area contributed by atoms with Gasteiger partial charge in [0.2, 0.25) is 0 Å². The van der Waals surface area contributed by atoms with Gasteiger partial charge in [-0.05, 0) is 104 Å². The molecule has 2 heterocycles. The highest BCUT2D eigenvalue weighted by Crippen LogP contribution is 2.37. The maximum atomic E-state index is 14.3. The lowest BCUT2D eigenvalue weighted by molar-refractivity contribution is -0.139. The fourth-order valence-corrected chi connectivity index (χ4v) is 7.90. The number of allylic oxidation sites excluding steroid dienone is 1. The van der Waals surface area contributed by atoms with Crippen molar-refractivity contribution in [3.63, 3.8) is 0 Å². The second-order valence-corrected chi connectivity index (χ2v) is 14.1. The molecular weight excluding hydrogens is 807 g/mol. The third kappa shape index (κ3) is 7.37. The molecule has 1 aromatic heterocycles. The van der Waals surface area contributed by atoms with Crippen LogP contribution in [0.5, 0.6) is 17.2 Å². The molecule has 1 aliphatic rings. The van der Waals surface area contributed by atoms with E-state index in [0.717, 1.165) is 13.6 Å². The van der Waals surface area contributed by atoms with Crippen molar-refractivity contribution in [1.29, 1.82) is 0 Å². The number of carbonyl (C=O) groups is 1. The largest absolute Gasteiger partial charge is 0.493 e. The molecule has 0 aliphatic carbocycles. The van der Waals surface area contributed by atoms with Crippen LogP contribution in [0.4, 0.5) is 0 Å². The van der Waals surface area contributed by atoms with Crippen LogP contribution in [0.3, 0.4) is 0 Å². The first-order valence-electron chi connectivity index (χ1n) is 14.4. The Morgan fingerprint density at radius 3 is 2.57 bits per heavy atom. The van der Waals surface area contributed by atoms with E-state index >= 15 is 0 Å². The molecule has 0 spiro atoms. The van der Waals surface area contributed by atoms with Crippen LogP contribution in [0.1, 0.15) is 50.4 Å². The predicted octanol–water partition coefficient (Wildman–Crippen LogP) is 7.19. The van der Waals surface area contributed by atoms with Crippen molar-refractivity contribution in [1.82, 2.24) is 4.57 Å². The Morgan fingerprint density at radius 2 is 1.89 bits per heavy atom. The van der Waals surface area contributed by atoms with Gasteiger partial charge in [0.1, 0.15) is 12.4 Å². The summed E-state index contributed by atoms with van der Waals surface area (Å²) in [5.74, 6) is 1.14. The predicted molar refractivity (Wildman–Crippen MR) is 192 cm³/mol. The van der Waals surface area contributed by atoms with Gasteiger partial charge < -0.3 is 18.9 Å². The van der Waals surface area contributed by atoms with Gasteiger partial charge in [-0.3, -0.25) is 9.36 Å². The summed E-state index contributed by atoms with van der Waals surface area (Å²) >= 11 is 13.1. The number of ether oxygens (including phenoxy) is 4. The van der Waals surface area contributed by atoms with Crippen LogP contribution in [-0.4, -0.2) is 30.4 Å². The summed E-state index contributed by atoms with van der Waals surface area (Å²) in [6.45, 7) is 7.84. The van der Waals surface area contributed by atoms with Crippen LogP contribution in [0.25, 0.3) is 6.08 Å². The van der Waals surface area contributed by atoms with E-state index in [4.69, 9.17) is 35.5 Å². The lowest BCUT2D eigenvalue weighted by Crippen LogP contribution is -2.40. The molecule has 5 rings (SSSR count). The Balaban J connectivity index is 1.66. The van der Waals surface area contributed by atoms with Crippen LogP contribution in [0.2, 0.25) is 5.02 Å². The Kier molecular flexibility index (Phi) is 11.0. The number of fused-ring (bicyclic) bond motifs is 1. The van der Waals surface area contributed by atoms with Crippen LogP contribution in [0.15, 0.2) is 80.1 Å². The molecule has 1 atom stereocenters. The van der Waals surface area contributed by atoms with Crippen molar-refractivity contribution in [2.45, 2.75) is 46.4 Å². The molecule has 4 aromatic rings. The lowest BCUT2D eigenvalue weighted by atomic mass is 9.95. The van der Waals surface area contributed by atoms with Crippen molar-refractivity contribution in [2.24, 2.45) is 4.99 Å². The molecule has 0 amide bonds. The van der Waals surface area contributed by atoms with Crippen LogP contribution in [0, 0.1) is 3.57 Å². The Labute approximate surface area is 297 Å².